The van der Waals surface area contributed by atoms with Gasteiger partial charge in [0.1, 0.15) is 11.8 Å². The Labute approximate surface area is 107 Å². The SMILES string of the molecule is CCOC1(C#N)C=C(O)C=CC1(OCC)OCC. The molecule has 0 spiro atoms. The molecule has 0 heterocycles. The zero-order valence-corrected chi connectivity index (χ0v) is 11.0. The summed E-state index contributed by atoms with van der Waals surface area (Å²) in [6, 6.07) is 2.05. The second-order valence-electron chi connectivity index (χ2n) is 3.72. The van der Waals surface area contributed by atoms with E-state index in [2.05, 4.69) is 0 Å². The number of hydrogen-bond acceptors (Lipinski definition) is 5. The van der Waals surface area contributed by atoms with Crippen LogP contribution in [-0.2, 0) is 14.2 Å². The molecule has 1 aliphatic rings. The smallest absolute Gasteiger partial charge is 0.236 e. The fourth-order valence-corrected chi connectivity index (χ4v) is 1.97. The first-order valence-electron chi connectivity index (χ1n) is 6.03. The number of ether oxygens (including phenoxy) is 3. The molecule has 1 unspecified atom stereocenters. The van der Waals surface area contributed by atoms with Crippen LogP contribution in [0, 0.1) is 11.3 Å². The number of hydrogen-bond donors (Lipinski definition) is 1. The average molecular weight is 253 g/mol. The van der Waals surface area contributed by atoms with Gasteiger partial charge in [-0.25, -0.2) is 0 Å². The van der Waals surface area contributed by atoms with Crippen molar-refractivity contribution >= 4 is 0 Å². The third-order valence-corrected chi connectivity index (χ3v) is 2.60. The zero-order chi connectivity index (χ0) is 13.6. The van der Waals surface area contributed by atoms with Crippen molar-refractivity contribution in [2.24, 2.45) is 0 Å². The van der Waals surface area contributed by atoms with Gasteiger partial charge in [0.05, 0.1) is 0 Å². The molecule has 0 aromatic heterocycles. The normalized spacial score (nSPS) is 25.6. The molecular formula is C13H19NO4. The lowest BCUT2D eigenvalue weighted by atomic mass is 9.88. The molecule has 1 N–H and O–H groups in total. The van der Waals surface area contributed by atoms with Crippen LogP contribution in [0.2, 0.25) is 0 Å². The lowest BCUT2D eigenvalue weighted by molar-refractivity contribution is -0.271. The van der Waals surface area contributed by atoms with E-state index in [1.54, 1.807) is 20.8 Å². The van der Waals surface area contributed by atoms with Gasteiger partial charge in [-0.2, -0.15) is 5.26 Å². The number of rotatable bonds is 6. The molecule has 100 valence electrons. The maximum atomic E-state index is 9.60. The van der Waals surface area contributed by atoms with Gasteiger partial charge in [-0.1, -0.05) is 0 Å². The molecule has 1 aliphatic carbocycles. The van der Waals surface area contributed by atoms with Crippen LogP contribution in [0.25, 0.3) is 0 Å². The highest BCUT2D eigenvalue weighted by molar-refractivity contribution is 5.37. The summed E-state index contributed by atoms with van der Waals surface area (Å²) in [5, 5.41) is 19.1. The molecule has 0 saturated heterocycles. The second kappa shape index (κ2) is 6.01. The molecule has 0 fully saturated rings. The Hall–Kier alpha value is -1.35. The highest BCUT2D eigenvalue weighted by Gasteiger charge is 2.55. The molecule has 1 atom stereocenters. The molecule has 1 rings (SSSR count). The van der Waals surface area contributed by atoms with E-state index in [1.807, 2.05) is 6.07 Å². The fourth-order valence-electron chi connectivity index (χ4n) is 1.97. The van der Waals surface area contributed by atoms with Crippen LogP contribution in [0.5, 0.6) is 0 Å². The molecule has 0 radical (unpaired) electrons. The van der Waals surface area contributed by atoms with Gasteiger partial charge in [0.2, 0.25) is 11.4 Å². The van der Waals surface area contributed by atoms with Gasteiger partial charge < -0.3 is 19.3 Å². The van der Waals surface area contributed by atoms with E-state index in [1.165, 1.54) is 18.2 Å². The molecule has 5 nitrogen and oxygen atoms in total. The quantitative estimate of drug-likeness (QED) is 0.734. The highest BCUT2D eigenvalue weighted by Crippen LogP contribution is 2.38. The largest absolute Gasteiger partial charge is 0.508 e. The van der Waals surface area contributed by atoms with E-state index in [0.717, 1.165) is 0 Å². The minimum atomic E-state index is -1.48. The van der Waals surface area contributed by atoms with Crippen molar-refractivity contribution in [1.29, 1.82) is 5.26 Å². The van der Waals surface area contributed by atoms with Crippen LogP contribution >= 0.6 is 0 Å². The van der Waals surface area contributed by atoms with Crippen LogP contribution in [-0.4, -0.2) is 36.3 Å². The summed E-state index contributed by atoms with van der Waals surface area (Å²) in [6.45, 7) is 6.39. The van der Waals surface area contributed by atoms with Crippen LogP contribution in [0.4, 0.5) is 0 Å². The lowest BCUT2D eigenvalue weighted by Crippen LogP contribution is -2.57. The van der Waals surface area contributed by atoms with Crippen LogP contribution in [0.15, 0.2) is 24.0 Å². The summed E-state index contributed by atoms with van der Waals surface area (Å²) in [7, 11) is 0. The summed E-state index contributed by atoms with van der Waals surface area (Å²) >= 11 is 0. The van der Waals surface area contributed by atoms with E-state index in [9.17, 15) is 10.4 Å². The minimum absolute atomic E-state index is 0.0416. The Morgan fingerprint density at radius 3 is 2.17 bits per heavy atom. The number of aliphatic hydroxyl groups excluding tert-OH is 1. The predicted octanol–water partition coefficient (Wildman–Crippen LogP) is 2.07. The van der Waals surface area contributed by atoms with Crippen molar-refractivity contribution in [3.63, 3.8) is 0 Å². The summed E-state index contributed by atoms with van der Waals surface area (Å²) in [6.07, 6.45) is 4.29. The molecule has 0 amide bonds. The van der Waals surface area contributed by atoms with Gasteiger partial charge in [0, 0.05) is 25.9 Å². The molecule has 18 heavy (non-hydrogen) atoms. The first-order valence-corrected chi connectivity index (χ1v) is 6.03. The van der Waals surface area contributed by atoms with Crippen LogP contribution in [0.1, 0.15) is 20.8 Å². The minimum Gasteiger partial charge on any atom is -0.508 e. The Morgan fingerprint density at radius 1 is 1.17 bits per heavy atom. The maximum absolute atomic E-state index is 9.60. The van der Waals surface area contributed by atoms with Crippen molar-refractivity contribution in [3.8, 4) is 6.07 Å². The third-order valence-electron chi connectivity index (χ3n) is 2.60. The molecule has 0 bridgehead atoms. The standard InChI is InChI=1S/C13H19NO4/c1-4-16-12(10-14)9-11(15)7-8-13(12,17-5-2)18-6-3/h7-9,15H,4-6H2,1-3H3. The number of aliphatic hydroxyl groups is 1. The molecule has 0 aromatic rings. The average Bonchev–Trinajstić information content (AvgIpc) is 2.35. The van der Waals surface area contributed by atoms with Gasteiger partial charge >= 0.3 is 0 Å². The predicted molar refractivity (Wildman–Crippen MR) is 65.8 cm³/mol. The highest BCUT2D eigenvalue weighted by atomic mass is 16.7. The van der Waals surface area contributed by atoms with E-state index >= 15 is 0 Å². The Balaban J connectivity index is 3.27. The molecular weight excluding hydrogens is 234 g/mol. The van der Waals surface area contributed by atoms with Gasteiger partial charge in [-0.3, -0.25) is 0 Å². The summed E-state index contributed by atoms with van der Waals surface area (Å²) in [5.74, 6) is -1.37. The Bertz CT molecular complexity index is 377. The van der Waals surface area contributed by atoms with Crippen molar-refractivity contribution < 1.29 is 19.3 Å². The van der Waals surface area contributed by atoms with E-state index < -0.39 is 11.4 Å². The third kappa shape index (κ3) is 2.41. The Morgan fingerprint density at radius 2 is 1.72 bits per heavy atom. The topological polar surface area (TPSA) is 71.7 Å². The first kappa shape index (κ1) is 14.7. The molecule has 0 saturated carbocycles. The summed E-state index contributed by atoms with van der Waals surface area (Å²) in [4.78, 5) is 0. The van der Waals surface area contributed by atoms with Gasteiger partial charge in [-0.05, 0) is 32.9 Å². The summed E-state index contributed by atoms with van der Waals surface area (Å²) < 4.78 is 16.7. The van der Waals surface area contributed by atoms with Gasteiger partial charge in [0.15, 0.2) is 0 Å². The van der Waals surface area contributed by atoms with E-state index in [-0.39, 0.29) is 5.76 Å². The van der Waals surface area contributed by atoms with E-state index in [4.69, 9.17) is 14.2 Å². The van der Waals surface area contributed by atoms with Crippen LogP contribution < -0.4 is 0 Å². The van der Waals surface area contributed by atoms with Crippen molar-refractivity contribution in [1.82, 2.24) is 0 Å². The first-order chi connectivity index (χ1) is 8.59. The maximum Gasteiger partial charge on any atom is 0.236 e. The summed E-state index contributed by atoms with van der Waals surface area (Å²) in [5.41, 5.74) is -1.48. The van der Waals surface area contributed by atoms with Crippen molar-refractivity contribution in [3.05, 3.63) is 24.0 Å². The molecule has 5 heteroatoms. The monoisotopic (exact) mass is 253 g/mol. The molecule has 0 aliphatic heterocycles. The van der Waals surface area contributed by atoms with Crippen molar-refractivity contribution in [2.75, 3.05) is 19.8 Å². The Kier molecular flexibility index (Phi) is 4.91. The van der Waals surface area contributed by atoms with E-state index in [0.29, 0.717) is 19.8 Å². The number of allylic oxidation sites excluding steroid dienone is 1. The van der Waals surface area contributed by atoms with Gasteiger partial charge in [0.25, 0.3) is 0 Å². The van der Waals surface area contributed by atoms with Crippen molar-refractivity contribution in [2.45, 2.75) is 32.2 Å². The number of nitriles is 1. The zero-order valence-electron chi connectivity index (χ0n) is 11.0. The molecule has 0 aromatic carbocycles. The fraction of sp³-hybridized carbons (Fsp3) is 0.615. The lowest BCUT2D eigenvalue weighted by Gasteiger charge is -2.42. The number of nitrogens with zero attached hydrogens (tertiary/aromatic N) is 1. The van der Waals surface area contributed by atoms with Crippen LogP contribution in [0.3, 0.4) is 0 Å². The second-order valence-corrected chi connectivity index (χ2v) is 3.72. The van der Waals surface area contributed by atoms with Gasteiger partial charge in [-0.15, -0.1) is 0 Å².